The van der Waals surface area contributed by atoms with Gasteiger partial charge in [-0.3, -0.25) is 4.90 Å². The van der Waals surface area contributed by atoms with Gasteiger partial charge in [0.1, 0.15) is 0 Å². The second-order valence-electron chi connectivity index (χ2n) is 4.25. The predicted octanol–water partition coefficient (Wildman–Crippen LogP) is 4.48. The van der Waals surface area contributed by atoms with Crippen molar-refractivity contribution in [3.05, 3.63) is 32.7 Å². The quantitative estimate of drug-likeness (QED) is 0.757. The van der Waals surface area contributed by atoms with Crippen molar-refractivity contribution in [1.29, 1.82) is 0 Å². The monoisotopic (exact) mass is 372 g/mol. The summed E-state index contributed by atoms with van der Waals surface area (Å²) in [5.74, 6) is 0. The molecule has 0 fully saturated rings. The van der Waals surface area contributed by atoms with Gasteiger partial charge in [-0.15, -0.1) is 5.10 Å². The lowest BCUT2D eigenvalue weighted by atomic mass is 10.3. The van der Waals surface area contributed by atoms with Crippen molar-refractivity contribution < 1.29 is 0 Å². The number of hydrogen-bond acceptors (Lipinski definition) is 5. The molecule has 0 atom stereocenters. The molecule has 4 nitrogen and oxygen atoms in total. The third-order valence-electron chi connectivity index (χ3n) is 2.91. The van der Waals surface area contributed by atoms with Gasteiger partial charge in [0.05, 0.1) is 6.67 Å². The SMILES string of the molecule is CCN(CC)Cn1nc(Nc2cccc(Br)c2)sc1=S. The Kier molecular flexibility index (Phi) is 5.71. The summed E-state index contributed by atoms with van der Waals surface area (Å²) in [5, 5.41) is 8.64. The molecule has 20 heavy (non-hydrogen) atoms. The molecule has 0 aliphatic rings. The Morgan fingerprint density at radius 1 is 1.40 bits per heavy atom. The molecule has 0 saturated heterocycles. The molecule has 0 unspecified atom stereocenters. The fraction of sp³-hybridized carbons (Fsp3) is 0.385. The summed E-state index contributed by atoms with van der Waals surface area (Å²) < 4.78 is 3.69. The van der Waals surface area contributed by atoms with Gasteiger partial charge in [0.25, 0.3) is 0 Å². The van der Waals surface area contributed by atoms with Crippen LogP contribution in [0.3, 0.4) is 0 Å². The number of nitrogens with one attached hydrogen (secondary N) is 1. The normalized spacial score (nSPS) is 11.0. The van der Waals surface area contributed by atoms with E-state index in [-0.39, 0.29) is 0 Å². The second kappa shape index (κ2) is 7.31. The Morgan fingerprint density at radius 2 is 2.15 bits per heavy atom. The highest BCUT2D eigenvalue weighted by Gasteiger charge is 2.07. The first-order valence-corrected chi connectivity index (χ1v) is 8.47. The van der Waals surface area contributed by atoms with Crippen molar-refractivity contribution in [3.8, 4) is 0 Å². The molecule has 2 rings (SSSR count). The minimum atomic E-state index is 0.739. The van der Waals surface area contributed by atoms with E-state index in [4.69, 9.17) is 12.2 Å². The van der Waals surface area contributed by atoms with Crippen LogP contribution in [-0.2, 0) is 6.67 Å². The van der Waals surface area contributed by atoms with Gasteiger partial charge in [-0.05, 0) is 43.5 Å². The van der Waals surface area contributed by atoms with Crippen LogP contribution in [0.25, 0.3) is 0 Å². The Bertz CT molecular complexity index is 619. The Hall–Kier alpha value is -0.760. The maximum absolute atomic E-state index is 5.37. The van der Waals surface area contributed by atoms with E-state index in [2.05, 4.69) is 45.1 Å². The fourth-order valence-corrected chi connectivity index (χ4v) is 3.16. The zero-order chi connectivity index (χ0) is 14.5. The summed E-state index contributed by atoms with van der Waals surface area (Å²) in [6.45, 7) is 7.00. The van der Waals surface area contributed by atoms with Crippen molar-refractivity contribution in [1.82, 2.24) is 14.7 Å². The Labute approximate surface area is 136 Å². The van der Waals surface area contributed by atoms with E-state index in [1.807, 2.05) is 28.9 Å². The maximum atomic E-state index is 5.37. The number of halogens is 1. The van der Waals surface area contributed by atoms with Gasteiger partial charge in [0.15, 0.2) is 3.95 Å². The first-order chi connectivity index (χ1) is 9.62. The highest BCUT2D eigenvalue weighted by Crippen LogP contribution is 2.22. The van der Waals surface area contributed by atoms with E-state index in [1.165, 1.54) is 11.3 Å². The van der Waals surface area contributed by atoms with Crippen molar-refractivity contribution in [3.63, 3.8) is 0 Å². The van der Waals surface area contributed by atoms with Crippen LogP contribution in [0.15, 0.2) is 28.7 Å². The van der Waals surface area contributed by atoms with Crippen LogP contribution in [-0.4, -0.2) is 27.8 Å². The molecule has 0 spiro atoms. The molecule has 0 aliphatic heterocycles. The molecule has 1 aromatic carbocycles. The van der Waals surface area contributed by atoms with Gasteiger partial charge in [-0.2, -0.15) is 0 Å². The van der Waals surface area contributed by atoms with Crippen LogP contribution >= 0.6 is 39.5 Å². The largest absolute Gasteiger partial charge is 0.330 e. The van der Waals surface area contributed by atoms with E-state index in [1.54, 1.807) is 0 Å². The smallest absolute Gasteiger partial charge is 0.209 e. The van der Waals surface area contributed by atoms with Gasteiger partial charge in [-0.1, -0.05) is 47.2 Å². The van der Waals surface area contributed by atoms with Gasteiger partial charge < -0.3 is 5.32 Å². The summed E-state index contributed by atoms with van der Waals surface area (Å²) in [5.41, 5.74) is 0.998. The number of anilines is 2. The fourth-order valence-electron chi connectivity index (χ4n) is 1.75. The number of aromatic nitrogens is 2. The van der Waals surface area contributed by atoms with E-state index >= 15 is 0 Å². The molecule has 0 amide bonds. The van der Waals surface area contributed by atoms with E-state index in [0.717, 1.165) is 39.0 Å². The van der Waals surface area contributed by atoms with Gasteiger partial charge in [-0.25, -0.2) is 4.68 Å². The van der Waals surface area contributed by atoms with Crippen LogP contribution in [0.5, 0.6) is 0 Å². The van der Waals surface area contributed by atoms with E-state index < -0.39 is 0 Å². The lowest BCUT2D eigenvalue weighted by Gasteiger charge is -2.17. The summed E-state index contributed by atoms with van der Waals surface area (Å²) in [4.78, 5) is 2.28. The second-order valence-corrected chi connectivity index (χ2v) is 6.79. The maximum Gasteiger partial charge on any atom is 0.209 e. The molecule has 1 aromatic heterocycles. The zero-order valence-corrected chi connectivity index (χ0v) is 14.7. The lowest BCUT2D eigenvalue weighted by Crippen LogP contribution is -2.26. The first-order valence-electron chi connectivity index (χ1n) is 6.45. The lowest BCUT2D eigenvalue weighted by molar-refractivity contribution is 0.228. The molecule has 0 aliphatic carbocycles. The van der Waals surface area contributed by atoms with Gasteiger partial charge in [0, 0.05) is 10.2 Å². The molecule has 7 heteroatoms. The van der Waals surface area contributed by atoms with Gasteiger partial charge in [0.2, 0.25) is 5.13 Å². The van der Waals surface area contributed by atoms with Crippen molar-refractivity contribution >= 4 is 50.3 Å². The summed E-state index contributed by atoms with van der Waals surface area (Å²) in [6, 6.07) is 7.99. The Balaban J connectivity index is 2.13. The average Bonchev–Trinajstić information content (AvgIpc) is 2.76. The van der Waals surface area contributed by atoms with Crippen LogP contribution in [0.2, 0.25) is 0 Å². The van der Waals surface area contributed by atoms with E-state index in [9.17, 15) is 0 Å². The third kappa shape index (κ3) is 4.12. The van der Waals surface area contributed by atoms with Crippen LogP contribution < -0.4 is 5.32 Å². The molecule has 1 heterocycles. The summed E-state index contributed by atoms with van der Waals surface area (Å²) in [7, 11) is 0. The van der Waals surface area contributed by atoms with Crippen LogP contribution in [0.4, 0.5) is 10.8 Å². The molecule has 0 radical (unpaired) electrons. The first kappa shape index (κ1) is 15.6. The molecule has 1 N–H and O–H groups in total. The minimum Gasteiger partial charge on any atom is -0.330 e. The summed E-state index contributed by atoms with van der Waals surface area (Å²) in [6.07, 6.45) is 0. The predicted molar refractivity (Wildman–Crippen MR) is 91.3 cm³/mol. The van der Waals surface area contributed by atoms with E-state index in [0.29, 0.717) is 0 Å². The summed E-state index contributed by atoms with van der Waals surface area (Å²) >= 11 is 10.3. The van der Waals surface area contributed by atoms with Gasteiger partial charge >= 0.3 is 0 Å². The third-order valence-corrected chi connectivity index (χ3v) is 4.63. The van der Waals surface area contributed by atoms with Crippen LogP contribution in [0, 0.1) is 3.95 Å². The molecular weight excluding hydrogens is 356 g/mol. The standard InChI is InChI=1S/C13H17BrN4S2/c1-3-17(4-2)9-18-13(19)20-12(16-18)15-11-7-5-6-10(14)8-11/h5-8H,3-4,9H2,1-2H3,(H,15,16). The highest BCUT2D eigenvalue weighted by atomic mass is 79.9. The molecular formula is C13H17BrN4S2. The number of benzene rings is 1. The van der Waals surface area contributed by atoms with Crippen molar-refractivity contribution in [2.75, 3.05) is 18.4 Å². The average molecular weight is 373 g/mol. The zero-order valence-electron chi connectivity index (χ0n) is 11.5. The highest BCUT2D eigenvalue weighted by molar-refractivity contribution is 9.10. The van der Waals surface area contributed by atoms with Crippen molar-refractivity contribution in [2.24, 2.45) is 0 Å². The number of nitrogens with zero attached hydrogens (tertiary/aromatic N) is 3. The molecule has 0 bridgehead atoms. The molecule has 2 aromatic rings. The minimum absolute atomic E-state index is 0.739. The number of rotatable bonds is 6. The topological polar surface area (TPSA) is 33.1 Å². The Morgan fingerprint density at radius 3 is 2.80 bits per heavy atom. The van der Waals surface area contributed by atoms with Crippen molar-refractivity contribution in [2.45, 2.75) is 20.5 Å². The van der Waals surface area contributed by atoms with Crippen LogP contribution in [0.1, 0.15) is 13.8 Å². The molecule has 0 saturated carbocycles. The molecule has 108 valence electrons. The number of hydrogen-bond donors (Lipinski definition) is 1.